The molecule has 1 fully saturated rings. The van der Waals surface area contributed by atoms with Crippen molar-refractivity contribution in [1.29, 1.82) is 0 Å². The second-order valence-electron chi connectivity index (χ2n) is 16.8. The van der Waals surface area contributed by atoms with Gasteiger partial charge < -0.3 is 24.3 Å². The topological polar surface area (TPSA) is 98.6 Å². The van der Waals surface area contributed by atoms with Crippen LogP contribution < -0.4 is 5.32 Å². The van der Waals surface area contributed by atoms with E-state index in [0.717, 1.165) is 53.3 Å². The minimum Gasteiger partial charge on any atom is -0.444 e. The van der Waals surface area contributed by atoms with Gasteiger partial charge in [-0.05, 0) is 79.8 Å². The van der Waals surface area contributed by atoms with Crippen molar-refractivity contribution in [3.63, 3.8) is 0 Å². The van der Waals surface area contributed by atoms with Crippen molar-refractivity contribution in [2.45, 2.75) is 110 Å². The van der Waals surface area contributed by atoms with Crippen LogP contribution in [0.2, 0.25) is 25.7 Å². The number of amides is 2. The van der Waals surface area contributed by atoms with Gasteiger partial charge in [-0.25, -0.2) is 14.8 Å². The number of nitrogens with one attached hydrogen (secondary N) is 1. The third kappa shape index (κ3) is 9.60. The van der Waals surface area contributed by atoms with Gasteiger partial charge in [0.15, 0.2) is 0 Å². The largest absolute Gasteiger partial charge is 0.444 e. The van der Waals surface area contributed by atoms with E-state index < -0.39 is 13.7 Å². The Morgan fingerprint density at radius 1 is 0.920 bits per heavy atom. The Morgan fingerprint density at radius 2 is 1.58 bits per heavy atom. The Hall–Kier alpha value is -4.02. The van der Waals surface area contributed by atoms with E-state index in [2.05, 4.69) is 68.6 Å². The van der Waals surface area contributed by atoms with E-state index in [9.17, 15) is 9.59 Å². The highest BCUT2D eigenvalue weighted by Crippen LogP contribution is 2.38. The maximum atomic E-state index is 12.9. The molecule has 0 atom stereocenters. The Kier molecular flexibility index (Phi) is 11.2. The van der Waals surface area contributed by atoms with E-state index in [1.54, 1.807) is 6.33 Å². The Labute approximate surface area is 298 Å². The van der Waals surface area contributed by atoms with Gasteiger partial charge in [0.05, 0.1) is 5.69 Å². The first-order valence-corrected chi connectivity index (χ1v) is 21.6. The lowest BCUT2D eigenvalue weighted by atomic mass is 9.87. The number of ether oxygens (including phenoxy) is 2. The summed E-state index contributed by atoms with van der Waals surface area (Å²) < 4.78 is 14.0. The molecule has 0 saturated carbocycles. The number of nitrogens with zero attached hydrogens (tertiary/aromatic N) is 4. The van der Waals surface area contributed by atoms with Crippen LogP contribution in [0.3, 0.4) is 0 Å². The highest BCUT2D eigenvalue weighted by Gasteiger charge is 2.30. The zero-order chi connectivity index (χ0) is 36.3. The number of hydrogen-bond acceptors (Lipinski definition) is 6. The highest BCUT2D eigenvalue weighted by molar-refractivity contribution is 6.76. The molecule has 0 radical (unpaired) electrons. The van der Waals surface area contributed by atoms with Crippen LogP contribution in [0.25, 0.3) is 22.3 Å². The van der Waals surface area contributed by atoms with Crippen molar-refractivity contribution >= 4 is 31.1 Å². The van der Waals surface area contributed by atoms with Crippen LogP contribution >= 0.6 is 0 Å². The number of likely N-dealkylation sites (tertiary alicyclic amines) is 1. The van der Waals surface area contributed by atoms with Crippen LogP contribution in [-0.4, -0.2) is 64.8 Å². The zero-order valence-corrected chi connectivity index (χ0v) is 32.4. The number of aromatic nitrogens is 3. The molecule has 2 aromatic heterocycles. The summed E-state index contributed by atoms with van der Waals surface area (Å²) >= 11 is 0. The SMILES string of the molecule is CC(C)(C)OC(=O)N1CCC(c2cn(COCC[Si](C)(C)C)c3ncnc(-c4ccc(CNC(=O)c5ccc(C(C)(C)C)cc5)cc4)c23)CC1. The average molecular weight is 698 g/mol. The lowest BCUT2D eigenvalue weighted by molar-refractivity contribution is 0.0205. The smallest absolute Gasteiger partial charge is 0.410 e. The minimum absolute atomic E-state index is 0.0376. The van der Waals surface area contributed by atoms with Crippen molar-refractivity contribution in [3.8, 4) is 11.3 Å². The van der Waals surface area contributed by atoms with Crippen molar-refractivity contribution in [3.05, 3.63) is 83.3 Å². The number of benzene rings is 2. The maximum Gasteiger partial charge on any atom is 0.410 e. The highest BCUT2D eigenvalue weighted by atomic mass is 28.3. The molecule has 50 heavy (non-hydrogen) atoms. The van der Waals surface area contributed by atoms with Gasteiger partial charge in [0, 0.05) is 57.0 Å². The second kappa shape index (κ2) is 15.1. The van der Waals surface area contributed by atoms with Crippen LogP contribution in [0.4, 0.5) is 4.79 Å². The van der Waals surface area contributed by atoms with Gasteiger partial charge >= 0.3 is 6.09 Å². The molecule has 2 amide bonds. The molecule has 0 spiro atoms. The fourth-order valence-electron chi connectivity index (χ4n) is 6.21. The molecule has 268 valence electrons. The van der Waals surface area contributed by atoms with Gasteiger partial charge in [-0.2, -0.15) is 0 Å². The van der Waals surface area contributed by atoms with Gasteiger partial charge in [-0.1, -0.05) is 76.8 Å². The van der Waals surface area contributed by atoms with Crippen molar-refractivity contribution in [2.24, 2.45) is 0 Å². The molecule has 2 aromatic carbocycles. The van der Waals surface area contributed by atoms with Gasteiger partial charge in [-0.15, -0.1) is 0 Å². The molecule has 9 nitrogen and oxygen atoms in total. The molecule has 0 unspecified atom stereocenters. The molecule has 10 heteroatoms. The summed E-state index contributed by atoms with van der Waals surface area (Å²) in [6, 6.07) is 17.2. The summed E-state index contributed by atoms with van der Waals surface area (Å²) in [5.41, 5.74) is 6.24. The fraction of sp³-hybridized carbons (Fsp3) is 0.500. The third-order valence-corrected chi connectivity index (χ3v) is 10.9. The summed E-state index contributed by atoms with van der Waals surface area (Å²) in [7, 11) is -1.22. The molecular weight excluding hydrogens is 643 g/mol. The predicted molar refractivity (Wildman–Crippen MR) is 203 cm³/mol. The van der Waals surface area contributed by atoms with E-state index in [1.807, 2.05) is 62.1 Å². The average Bonchev–Trinajstić information content (AvgIpc) is 3.43. The number of carbonyl (C=O) groups is 2. The van der Waals surface area contributed by atoms with Crippen LogP contribution in [0.5, 0.6) is 0 Å². The van der Waals surface area contributed by atoms with E-state index in [1.165, 1.54) is 11.1 Å². The molecular formula is C40H55N5O4Si. The molecule has 1 aliphatic heterocycles. The van der Waals surface area contributed by atoms with E-state index >= 15 is 0 Å². The van der Waals surface area contributed by atoms with Crippen LogP contribution in [0.1, 0.15) is 87.4 Å². The summed E-state index contributed by atoms with van der Waals surface area (Å²) in [4.78, 5) is 37.1. The first-order chi connectivity index (χ1) is 23.5. The number of piperidine rings is 1. The van der Waals surface area contributed by atoms with Gasteiger partial charge in [-0.3, -0.25) is 4.79 Å². The number of fused-ring (bicyclic) bond motifs is 1. The molecule has 4 aromatic rings. The third-order valence-electron chi connectivity index (χ3n) is 9.19. The number of rotatable bonds is 10. The molecule has 0 aliphatic carbocycles. The molecule has 3 heterocycles. The monoisotopic (exact) mass is 697 g/mol. The number of hydrogen-bond donors (Lipinski definition) is 1. The molecule has 0 bridgehead atoms. The quantitative estimate of drug-likeness (QED) is 0.131. The Morgan fingerprint density at radius 3 is 2.18 bits per heavy atom. The zero-order valence-electron chi connectivity index (χ0n) is 31.4. The fourth-order valence-corrected chi connectivity index (χ4v) is 6.96. The molecule has 1 saturated heterocycles. The van der Waals surface area contributed by atoms with Crippen molar-refractivity contribution in [2.75, 3.05) is 19.7 Å². The normalized spacial score (nSPS) is 14.6. The first-order valence-electron chi connectivity index (χ1n) is 17.9. The molecule has 5 rings (SSSR count). The van der Waals surface area contributed by atoms with Gasteiger partial charge in [0.2, 0.25) is 0 Å². The lowest BCUT2D eigenvalue weighted by Crippen LogP contribution is -2.41. The minimum atomic E-state index is -1.22. The molecule has 1 N–H and O–H groups in total. The van der Waals surface area contributed by atoms with Crippen molar-refractivity contribution in [1.82, 2.24) is 24.8 Å². The van der Waals surface area contributed by atoms with Crippen LogP contribution in [-0.2, 0) is 28.2 Å². The maximum absolute atomic E-state index is 12.9. The van der Waals surface area contributed by atoms with Crippen molar-refractivity contribution < 1.29 is 19.1 Å². The van der Waals surface area contributed by atoms with Gasteiger partial charge in [0.25, 0.3) is 5.91 Å². The summed E-state index contributed by atoms with van der Waals surface area (Å²) in [5.74, 6) is 0.138. The summed E-state index contributed by atoms with van der Waals surface area (Å²) in [5, 5.41) is 4.08. The first kappa shape index (κ1) is 37.2. The Balaban J connectivity index is 1.35. The van der Waals surface area contributed by atoms with Crippen LogP contribution in [0, 0.1) is 0 Å². The second-order valence-corrected chi connectivity index (χ2v) is 22.4. The summed E-state index contributed by atoms with van der Waals surface area (Å²) in [6.45, 7) is 22.1. The van der Waals surface area contributed by atoms with Gasteiger partial charge in [0.1, 0.15) is 24.3 Å². The molecule has 1 aliphatic rings. The van der Waals surface area contributed by atoms with E-state index in [-0.39, 0.29) is 23.3 Å². The summed E-state index contributed by atoms with van der Waals surface area (Å²) in [6.07, 6.45) is 5.20. The standard InChI is InChI=1S/C40H55N5O4Si/c1-39(2,3)32-16-14-31(15-17-32)37(46)41-24-28-10-12-30(13-11-28)35-34-33(29-18-20-44(21-19-29)38(47)49-40(4,5)6)25-45(36(34)43-26-42-35)27-48-22-23-50(7,8)9/h10-17,25-26,29H,18-24,27H2,1-9H3,(H,41,46). The van der Waals surface area contributed by atoms with E-state index in [4.69, 9.17) is 19.4 Å². The number of carbonyl (C=O) groups excluding carboxylic acids is 2. The van der Waals surface area contributed by atoms with Crippen LogP contribution in [0.15, 0.2) is 61.1 Å². The Bertz CT molecular complexity index is 1770. The predicted octanol–water partition coefficient (Wildman–Crippen LogP) is 8.75. The van der Waals surface area contributed by atoms with E-state index in [0.29, 0.717) is 31.9 Å². The lowest BCUT2D eigenvalue weighted by Gasteiger charge is -2.33.